The van der Waals surface area contributed by atoms with Gasteiger partial charge in [-0.2, -0.15) is 26.3 Å². The van der Waals surface area contributed by atoms with Gasteiger partial charge in [-0.1, -0.05) is 17.7 Å². The number of halogens is 7. The van der Waals surface area contributed by atoms with Crippen molar-refractivity contribution in [3.8, 4) is 0 Å². The van der Waals surface area contributed by atoms with Gasteiger partial charge in [-0.15, -0.1) is 0 Å². The molecule has 190 valence electrons. The van der Waals surface area contributed by atoms with Gasteiger partial charge in [-0.3, -0.25) is 4.99 Å². The number of alkyl halides is 6. The monoisotopic (exact) mass is 538 g/mol. The second-order valence-electron chi connectivity index (χ2n) is 7.74. The molecule has 0 unspecified atom stereocenters. The summed E-state index contributed by atoms with van der Waals surface area (Å²) in [6, 6.07) is 5.52. The minimum atomic E-state index is -4.48. The average Bonchev–Trinajstić information content (AvgIpc) is 3.57. The lowest BCUT2D eigenvalue weighted by atomic mass is 10.1. The largest absolute Gasteiger partial charge is 0.418 e. The molecule has 0 atom stereocenters. The average molecular weight is 539 g/mol. The number of aromatic nitrogens is 6. The Morgan fingerprint density at radius 2 is 1.43 bits per heavy atom. The summed E-state index contributed by atoms with van der Waals surface area (Å²) >= 11 is 5.54. The van der Waals surface area contributed by atoms with Gasteiger partial charge in [0.05, 0.1) is 28.4 Å². The van der Waals surface area contributed by atoms with Crippen LogP contribution in [0.4, 0.5) is 37.8 Å². The first-order chi connectivity index (χ1) is 17.5. The minimum Gasteiger partial charge on any atom is -0.345 e. The van der Waals surface area contributed by atoms with Crippen molar-refractivity contribution < 1.29 is 26.3 Å². The summed E-state index contributed by atoms with van der Waals surface area (Å²) < 4.78 is 76.6. The number of fused-ring (bicyclic) bond motifs is 3. The second-order valence-corrected chi connectivity index (χ2v) is 8.10. The Bertz CT molecular complexity index is 1640. The van der Waals surface area contributed by atoms with Gasteiger partial charge in [0, 0.05) is 24.3 Å². The first-order valence-corrected chi connectivity index (χ1v) is 10.7. The van der Waals surface area contributed by atoms with Crippen LogP contribution in [0.25, 0.3) is 22.1 Å². The van der Waals surface area contributed by atoms with Crippen molar-refractivity contribution >= 4 is 51.4 Å². The van der Waals surface area contributed by atoms with Crippen LogP contribution in [0.15, 0.2) is 48.2 Å². The molecule has 5 aromatic rings. The van der Waals surface area contributed by atoms with Gasteiger partial charge in [0.15, 0.2) is 0 Å². The Balaban J connectivity index is 0.000000171. The number of hydrogen-bond donors (Lipinski definition) is 3. The van der Waals surface area contributed by atoms with Gasteiger partial charge < -0.3 is 15.3 Å². The van der Waals surface area contributed by atoms with Crippen LogP contribution in [0.2, 0.25) is 5.15 Å². The zero-order valence-electron chi connectivity index (χ0n) is 18.2. The predicted molar refractivity (Wildman–Crippen MR) is 124 cm³/mol. The highest BCUT2D eigenvalue weighted by molar-refractivity contribution is 6.34. The highest BCUT2D eigenvalue weighted by Gasteiger charge is 2.36. The van der Waals surface area contributed by atoms with Crippen LogP contribution in [0.5, 0.6) is 0 Å². The quantitative estimate of drug-likeness (QED) is 0.181. The van der Waals surface area contributed by atoms with Gasteiger partial charge >= 0.3 is 12.4 Å². The molecule has 15 heteroatoms. The van der Waals surface area contributed by atoms with E-state index in [-0.39, 0.29) is 33.0 Å². The normalized spacial score (nSPS) is 13.1. The van der Waals surface area contributed by atoms with Gasteiger partial charge in [-0.05, 0) is 23.3 Å². The molecule has 0 fully saturated rings. The van der Waals surface area contributed by atoms with Crippen LogP contribution in [0, 0.1) is 0 Å². The molecule has 6 rings (SSSR count). The Labute approximate surface area is 207 Å². The highest BCUT2D eigenvalue weighted by Crippen LogP contribution is 2.38. The Hall–Kier alpha value is -4.20. The SMILES string of the molecule is FC(F)(F)c1c[nH]c2ncnc(Cl)c12.FC(F)(F)c1c[nH]c2ncnc(Nc3ccc4c(c3)C=NC4)c12. The molecular formula is C22H13ClF6N8. The maximum Gasteiger partial charge on any atom is 0.418 e. The number of nitrogens with one attached hydrogen (secondary N) is 3. The fraction of sp³-hybridized carbons (Fsp3) is 0.136. The summed E-state index contributed by atoms with van der Waals surface area (Å²) in [6.45, 7) is 0.628. The van der Waals surface area contributed by atoms with E-state index < -0.39 is 23.5 Å². The van der Waals surface area contributed by atoms with Crippen molar-refractivity contribution in [3.05, 3.63) is 70.7 Å². The standard InChI is InChI=1S/C15H10F3N5.C7H3ClF3N3/c16-15(17,18)11-6-20-13-12(11)14(22-7-21-13)23-10-2-1-8-4-19-5-9(8)3-10;8-5-4-3(7(9,10)11)1-12-6(4)14-2-13-5/h1-3,5-7H,4H2,(H2,20,21,22,23);1-2H,(H,12,13,14). The minimum absolute atomic E-state index is 0.0748. The second kappa shape index (κ2) is 9.03. The molecule has 0 saturated carbocycles. The third-order valence-corrected chi connectivity index (χ3v) is 5.69. The molecule has 1 aliphatic rings. The lowest BCUT2D eigenvalue weighted by molar-refractivity contribution is -0.137. The maximum atomic E-state index is 13.1. The van der Waals surface area contributed by atoms with Crippen LogP contribution in [0.1, 0.15) is 22.3 Å². The summed E-state index contributed by atoms with van der Waals surface area (Å²) in [6.07, 6.45) is -3.15. The topological polar surface area (TPSA) is 108 Å². The summed E-state index contributed by atoms with van der Waals surface area (Å²) in [5.74, 6) is 0.110. The molecule has 1 aromatic carbocycles. The Kier molecular flexibility index (Phi) is 5.98. The first kappa shape index (κ1) is 24.5. The van der Waals surface area contributed by atoms with Crippen LogP contribution < -0.4 is 5.32 Å². The van der Waals surface area contributed by atoms with Crippen molar-refractivity contribution in [2.45, 2.75) is 18.9 Å². The van der Waals surface area contributed by atoms with Crippen molar-refractivity contribution in [2.75, 3.05) is 5.32 Å². The molecule has 0 spiro atoms. The van der Waals surface area contributed by atoms with Crippen molar-refractivity contribution in [2.24, 2.45) is 4.99 Å². The third-order valence-electron chi connectivity index (χ3n) is 5.40. The van der Waals surface area contributed by atoms with E-state index in [1.165, 1.54) is 6.33 Å². The molecule has 1 aliphatic heterocycles. The molecule has 3 N–H and O–H groups in total. The summed E-state index contributed by atoms with van der Waals surface area (Å²) in [5.41, 5.74) is 1.25. The molecule has 5 heterocycles. The van der Waals surface area contributed by atoms with Crippen LogP contribution >= 0.6 is 11.6 Å². The molecule has 4 aromatic heterocycles. The zero-order valence-corrected chi connectivity index (χ0v) is 19.0. The van der Waals surface area contributed by atoms with E-state index in [0.29, 0.717) is 12.2 Å². The van der Waals surface area contributed by atoms with E-state index in [1.54, 1.807) is 12.3 Å². The van der Waals surface area contributed by atoms with Gasteiger partial charge in [-0.25, -0.2) is 19.9 Å². The van der Waals surface area contributed by atoms with E-state index in [9.17, 15) is 26.3 Å². The van der Waals surface area contributed by atoms with E-state index in [2.05, 4.69) is 40.2 Å². The Morgan fingerprint density at radius 3 is 2.11 bits per heavy atom. The number of rotatable bonds is 2. The number of aromatic amines is 2. The van der Waals surface area contributed by atoms with E-state index in [4.69, 9.17) is 11.6 Å². The van der Waals surface area contributed by atoms with Crippen LogP contribution in [-0.4, -0.2) is 36.1 Å². The molecule has 0 saturated heterocycles. The number of hydrogen-bond acceptors (Lipinski definition) is 6. The Morgan fingerprint density at radius 1 is 0.811 bits per heavy atom. The van der Waals surface area contributed by atoms with Gasteiger partial charge in [0.1, 0.15) is 34.9 Å². The van der Waals surface area contributed by atoms with Crippen molar-refractivity contribution in [1.29, 1.82) is 0 Å². The van der Waals surface area contributed by atoms with E-state index >= 15 is 0 Å². The molecule has 0 bridgehead atoms. The highest BCUT2D eigenvalue weighted by atomic mass is 35.5. The van der Waals surface area contributed by atoms with Crippen molar-refractivity contribution in [1.82, 2.24) is 29.9 Å². The smallest absolute Gasteiger partial charge is 0.345 e. The zero-order chi connectivity index (χ0) is 26.4. The molecule has 37 heavy (non-hydrogen) atoms. The van der Waals surface area contributed by atoms with Gasteiger partial charge in [0.25, 0.3) is 0 Å². The molecule has 0 aliphatic carbocycles. The summed E-state index contributed by atoms with van der Waals surface area (Å²) in [4.78, 5) is 24.0. The number of benzene rings is 1. The number of nitrogens with zero attached hydrogens (tertiary/aromatic N) is 5. The fourth-order valence-corrected chi connectivity index (χ4v) is 3.98. The molecular weight excluding hydrogens is 526 g/mol. The maximum absolute atomic E-state index is 13.1. The van der Waals surface area contributed by atoms with Gasteiger partial charge in [0.2, 0.25) is 0 Å². The van der Waals surface area contributed by atoms with E-state index in [0.717, 1.165) is 29.8 Å². The third kappa shape index (κ3) is 4.79. The van der Waals surface area contributed by atoms with E-state index in [1.807, 2.05) is 12.1 Å². The van der Waals surface area contributed by atoms with Crippen LogP contribution in [0.3, 0.4) is 0 Å². The number of H-pyrrole nitrogens is 2. The first-order valence-electron chi connectivity index (χ1n) is 10.4. The number of anilines is 2. The molecule has 0 radical (unpaired) electrons. The molecule has 0 amide bonds. The van der Waals surface area contributed by atoms with Crippen molar-refractivity contribution in [3.63, 3.8) is 0 Å². The summed E-state index contributed by atoms with van der Waals surface area (Å²) in [5, 5.41) is 2.47. The number of aliphatic imine (C=N–C) groups is 1. The predicted octanol–water partition coefficient (Wildman–Crippen LogP) is 6.28. The summed E-state index contributed by atoms with van der Waals surface area (Å²) in [7, 11) is 0. The lowest BCUT2D eigenvalue weighted by Gasteiger charge is -2.10. The lowest BCUT2D eigenvalue weighted by Crippen LogP contribution is -2.05. The van der Waals surface area contributed by atoms with Crippen LogP contribution in [-0.2, 0) is 18.9 Å². The fourth-order valence-electron chi connectivity index (χ4n) is 3.75. The molecule has 8 nitrogen and oxygen atoms in total.